The van der Waals surface area contributed by atoms with Gasteiger partial charge in [0.15, 0.2) is 0 Å². The molecule has 1 heterocycles. The molecule has 1 aromatic heterocycles. The number of aromatic amines is 2. The standard InChI is InChI=1S/C9H13N3O3/c1-5(2)3-7(13)10-6-4-8(14)12-9(15)11-6/h4-5H,3H2,1-2H3,(H3,10,11,12,13,14,15). The van der Waals surface area contributed by atoms with Gasteiger partial charge in [0.05, 0.1) is 0 Å². The van der Waals surface area contributed by atoms with Crippen LogP contribution in [0.15, 0.2) is 15.7 Å². The third kappa shape index (κ3) is 3.80. The zero-order chi connectivity index (χ0) is 11.4. The van der Waals surface area contributed by atoms with Gasteiger partial charge in [0.25, 0.3) is 5.56 Å². The molecule has 0 aliphatic heterocycles. The summed E-state index contributed by atoms with van der Waals surface area (Å²) >= 11 is 0. The molecule has 6 nitrogen and oxygen atoms in total. The molecule has 1 rings (SSSR count). The van der Waals surface area contributed by atoms with Crippen LogP contribution in [-0.2, 0) is 4.79 Å². The van der Waals surface area contributed by atoms with Crippen LogP contribution in [0.4, 0.5) is 5.82 Å². The highest BCUT2D eigenvalue weighted by atomic mass is 16.2. The molecule has 0 aliphatic carbocycles. The van der Waals surface area contributed by atoms with Crippen molar-refractivity contribution in [3.05, 3.63) is 26.9 Å². The number of anilines is 1. The highest BCUT2D eigenvalue weighted by molar-refractivity contribution is 5.89. The lowest BCUT2D eigenvalue weighted by molar-refractivity contribution is -0.116. The largest absolute Gasteiger partial charge is 0.327 e. The molecule has 1 amide bonds. The maximum absolute atomic E-state index is 11.3. The lowest BCUT2D eigenvalue weighted by atomic mass is 10.1. The number of nitrogens with one attached hydrogen (secondary N) is 3. The van der Waals surface area contributed by atoms with Crippen molar-refractivity contribution in [2.75, 3.05) is 5.32 Å². The van der Waals surface area contributed by atoms with Crippen molar-refractivity contribution in [1.82, 2.24) is 9.97 Å². The molecule has 0 saturated heterocycles. The lowest BCUT2D eigenvalue weighted by Gasteiger charge is -2.05. The Bertz CT molecular complexity index is 430. The third-order valence-corrected chi connectivity index (χ3v) is 1.63. The van der Waals surface area contributed by atoms with E-state index in [1.807, 2.05) is 18.8 Å². The van der Waals surface area contributed by atoms with Crippen LogP contribution in [-0.4, -0.2) is 15.9 Å². The summed E-state index contributed by atoms with van der Waals surface area (Å²) in [5.41, 5.74) is -1.18. The minimum Gasteiger partial charge on any atom is -0.312 e. The predicted octanol–water partition coefficient (Wildman–Crippen LogP) is 0.0478. The second-order valence-electron chi connectivity index (χ2n) is 3.65. The Morgan fingerprint density at radius 3 is 2.60 bits per heavy atom. The van der Waals surface area contributed by atoms with Crippen molar-refractivity contribution in [3.63, 3.8) is 0 Å². The van der Waals surface area contributed by atoms with Crippen molar-refractivity contribution in [2.45, 2.75) is 20.3 Å². The number of carbonyl (C=O) groups is 1. The van der Waals surface area contributed by atoms with E-state index < -0.39 is 11.2 Å². The Balaban J connectivity index is 2.77. The third-order valence-electron chi connectivity index (χ3n) is 1.63. The molecule has 0 fully saturated rings. The minimum atomic E-state index is -0.637. The monoisotopic (exact) mass is 211 g/mol. The molecule has 3 N–H and O–H groups in total. The van der Waals surface area contributed by atoms with Gasteiger partial charge >= 0.3 is 5.69 Å². The molecule has 0 bridgehead atoms. The number of hydrogen-bond acceptors (Lipinski definition) is 3. The van der Waals surface area contributed by atoms with Crippen molar-refractivity contribution >= 4 is 11.7 Å². The summed E-state index contributed by atoms with van der Waals surface area (Å²) in [6, 6.07) is 1.12. The SMILES string of the molecule is CC(C)CC(=O)Nc1cc(=O)[nH]c(=O)[nH]1. The average Bonchev–Trinajstić information content (AvgIpc) is 1.98. The van der Waals surface area contributed by atoms with Crippen LogP contribution in [0.25, 0.3) is 0 Å². The lowest BCUT2D eigenvalue weighted by Crippen LogP contribution is -2.25. The number of H-pyrrole nitrogens is 2. The first-order valence-electron chi connectivity index (χ1n) is 4.61. The fourth-order valence-corrected chi connectivity index (χ4v) is 1.11. The van der Waals surface area contributed by atoms with Gasteiger partial charge in [0.2, 0.25) is 5.91 Å². The number of hydrogen-bond donors (Lipinski definition) is 3. The fraction of sp³-hybridized carbons (Fsp3) is 0.444. The van der Waals surface area contributed by atoms with Gasteiger partial charge in [-0.1, -0.05) is 13.8 Å². The number of amides is 1. The van der Waals surface area contributed by atoms with Crippen molar-refractivity contribution in [2.24, 2.45) is 5.92 Å². The van der Waals surface area contributed by atoms with Crippen LogP contribution >= 0.6 is 0 Å². The van der Waals surface area contributed by atoms with Crippen LogP contribution in [0.3, 0.4) is 0 Å². The highest BCUT2D eigenvalue weighted by Crippen LogP contribution is 2.02. The van der Waals surface area contributed by atoms with E-state index in [1.54, 1.807) is 0 Å². The Kier molecular flexibility index (Phi) is 3.43. The summed E-state index contributed by atoms with van der Waals surface area (Å²) in [5, 5.41) is 2.44. The molecular formula is C9H13N3O3. The normalized spacial score (nSPS) is 10.3. The molecule has 0 unspecified atom stereocenters. The Morgan fingerprint density at radius 1 is 1.40 bits per heavy atom. The van der Waals surface area contributed by atoms with Gasteiger partial charge < -0.3 is 5.32 Å². The summed E-state index contributed by atoms with van der Waals surface area (Å²) in [6.45, 7) is 3.81. The molecule has 0 aliphatic rings. The smallest absolute Gasteiger partial charge is 0.312 e. The minimum absolute atomic E-state index is 0.120. The van der Waals surface area contributed by atoms with E-state index in [-0.39, 0.29) is 17.6 Å². The summed E-state index contributed by atoms with van der Waals surface area (Å²) in [7, 11) is 0. The molecular weight excluding hydrogens is 198 g/mol. The van der Waals surface area contributed by atoms with Crippen LogP contribution in [0.1, 0.15) is 20.3 Å². The molecule has 1 aromatic rings. The first kappa shape index (κ1) is 11.2. The van der Waals surface area contributed by atoms with E-state index in [0.29, 0.717) is 6.42 Å². The zero-order valence-corrected chi connectivity index (χ0v) is 8.59. The van der Waals surface area contributed by atoms with E-state index in [9.17, 15) is 14.4 Å². The average molecular weight is 211 g/mol. The second kappa shape index (κ2) is 4.59. The second-order valence-corrected chi connectivity index (χ2v) is 3.65. The summed E-state index contributed by atoms with van der Waals surface area (Å²) in [6.07, 6.45) is 0.342. The van der Waals surface area contributed by atoms with Gasteiger partial charge in [-0.25, -0.2) is 4.79 Å². The molecule has 0 spiro atoms. The molecule has 0 radical (unpaired) electrons. The first-order valence-corrected chi connectivity index (χ1v) is 4.61. The van der Waals surface area contributed by atoms with Crippen molar-refractivity contribution in [1.29, 1.82) is 0 Å². The summed E-state index contributed by atoms with van der Waals surface area (Å²) in [5.74, 6) is 0.111. The quantitative estimate of drug-likeness (QED) is 0.659. The molecule has 82 valence electrons. The van der Waals surface area contributed by atoms with Crippen molar-refractivity contribution in [3.8, 4) is 0 Å². The van der Waals surface area contributed by atoms with E-state index in [2.05, 4.69) is 10.3 Å². The molecule has 6 heteroatoms. The van der Waals surface area contributed by atoms with Gasteiger partial charge in [-0.05, 0) is 5.92 Å². The Labute approximate surface area is 85.7 Å². The van der Waals surface area contributed by atoms with E-state index in [4.69, 9.17) is 0 Å². The Hall–Kier alpha value is -1.85. The van der Waals surface area contributed by atoms with Gasteiger partial charge in [-0.15, -0.1) is 0 Å². The molecule has 0 aromatic carbocycles. The van der Waals surface area contributed by atoms with Crippen molar-refractivity contribution < 1.29 is 4.79 Å². The molecule has 15 heavy (non-hydrogen) atoms. The van der Waals surface area contributed by atoms with E-state index in [0.717, 1.165) is 6.07 Å². The van der Waals surface area contributed by atoms with Crippen LogP contribution in [0.5, 0.6) is 0 Å². The van der Waals surface area contributed by atoms with E-state index >= 15 is 0 Å². The molecule has 0 atom stereocenters. The zero-order valence-electron chi connectivity index (χ0n) is 8.59. The van der Waals surface area contributed by atoms with Crippen LogP contribution in [0.2, 0.25) is 0 Å². The van der Waals surface area contributed by atoms with Crippen LogP contribution in [0, 0.1) is 5.92 Å². The summed E-state index contributed by atoms with van der Waals surface area (Å²) in [4.78, 5) is 37.4. The topological polar surface area (TPSA) is 94.8 Å². The first-order chi connectivity index (χ1) is 6.97. The maximum atomic E-state index is 11.3. The molecule has 0 saturated carbocycles. The van der Waals surface area contributed by atoms with E-state index in [1.165, 1.54) is 0 Å². The van der Waals surface area contributed by atoms with Gasteiger partial charge in [-0.2, -0.15) is 0 Å². The Morgan fingerprint density at radius 2 is 2.07 bits per heavy atom. The number of aromatic nitrogens is 2. The van der Waals surface area contributed by atoms with Gasteiger partial charge in [0, 0.05) is 12.5 Å². The number of carbonyl (C=O) groups excluding carboxylic acids is 1. The van der Waals surface area contributed by atoms with Gasteiger partial charge in [0.1, 0.15) is 5.82 Å². The number of rotatable bonds is 3. The predicted molar refractivity (Wildman–Crippen MR) is 55.8 cm³/mol. The van der Waals surface area contributed by atoms with Gasteiger partial charge in [-0.3, -0.25) is 19.6 Å². The fourth-order valence-electron chi connectivity index (χ4n) is 1.11. The maximum Gasteiger partial charge on any atom is 0.327 e. The van der Waals surface area contributed by atoms with Crippen LogP contribution < -0.4 is 16.6 Å². The highest BCUT2D eigenvalue weighted by Gasteiger charge is 2.05. The summed E-state index contributed by atoms with van der Waals surface area (Å²) < 4.78 is 0.